The Labute approximate surface area is 123 Å². The van der Waals surface area contributed by atoms with Gasteiger partial charge in [-0.1, -0.05) is 31.5 Å². The molecule has 5 nitrogen and oxygen atoms in total. The quantitative estimate of drug-likeness (QED) is 0.641. The molecule has 0 aliphatic carbocycles. The van der Waals surface area contributed by atoms with E-state index in [1.807, 2.05) is 6.92 Å². The minimum absolute atomic E-state index is 0.00102. The molecule has 1 atom stereocenters. The highest BCUT2D eigenvalue weighted by Gasteiger charge is 2.24. The molecule has 110 valence electrons. The minimum Gasteiger partial charge on any atom is -0.349 e. The summed E-state index contributed by atoms with van der Waals surface area (Å²) in [6, 6.07) is 4.31. The van der Waals surface area contributed by atoms with E-state index in [1.165, 1.54) is 18.2 Å². The number of nitrogens with zero attached hydrogens (tertiary/aromatic N) is 1. The third kappa shape index (κ3) is 4.49. The molecule has 1 N–H and O–H groups in total. The van der Waals surface area contributed by atoms with Gasteiger partial charge < -0.3 is 5.32 Å². The summed E-state index contributed by atoms with van der Waals surface area (Å²) in [5.41, 5.74) is -0.346. The number of hydrogen-bond acceptors (Lipinski definition) is 3. The fourth-order valence-electron chi connectivity index (χ4n) is 1.84. The lowest BCUT2D eigenvalue weighted by Crippen LogP contribution is -2.33. The topological polar surface area (TPSA) is 72.2 Å². The molecule has 0 aromatic heterocycles. The van der Waals surface area contributed by atoms with Gasteiger partial charge in [-0.3, -0.25) is 14.9 Å². The number of carbonyl (C=O) groups is 1. The predicted molar refractivity (Wildman–Crippen MR) is 79.1 cm³/mol. The molecule has 0 bridgehead atoms. The molecule has 20 heavy (non-hydrogen) atoms. The van der Waals surface area contributed by atoms with Crippen molar-refractivity contribution in [3.8, 4) is 0 Å². The van der Waals surface area contributed by atoms with Crippen LogP contribution in [0.4, 0.5) is 5.69 Å². The van der Waals surface area contributed by atoms with Crippen molar-refractivity contribution in [2.24, 2.45) is 5.92 Å². The third-order valence-electron chi connectivity index (χ3n) is 2.97. The van der Waals surface area contributed by atoms with E-state index in [4.69, 9.17) is 11.6 Å². The summed E-state index contributed by atoms with van der Waals surface area (Å²) in [7, 11) is 0. The predicted octanol–water partition coefficient (Wildman–Crippen LogP) is 3.80. The Morgan fingerprint density at radius 2 is 2.00 bits per heavy atom. The molecule has 1 rings (SSSR count). The Balaban J connectivity index is 2.83. The van der Waals surface area contributed by atoms with Crippen LogP contribution < -0.4 is 5.32 Å². The number of rotatable bonds is 6. The van der Waals surface area contributed by atoms with E-state index >= 15 is 0 Å². The standard InChI is InChI=1S/C14H19ClN2O3/c1-9(2)7-8-10(3)16-14(18)11-5-4-6-12(15)13(11)17(19)20/h4-6,9-10H,7-8H2,1-3H3,(H,16,18). The largest absolute Gasteiger partial charge is 0.349 e. The molecular weight excluding hydrogens is 280 g/mol. The highest BCUT2D eigenvalue weighted by molar-refractivity contribution is 6.33. The van der Waals surface area contributed by atoms with Gasteiger partial charge in [0.2, 0.25) is 0 Å². The molecule has 0 aliphatic heterocycles. The van der Waals surface area contributed by atoms with Crippen molar-refractivity contribution in [1.82, 2.24) is 5.32 Å². The molecule has 0 saturated carbocycles. The van der Waals surface area contributed by atoms with Crippen LogP contribution in [-0.2, 0) is 0 Å². The second kappa shape index (κ2) is 7.24. The SMILES string of the molecule is CC(C)CCC(C)NC(=O)c1cccc(Cl)c1[N+](=O)[O-]. The average Bonchev–Trinajstić information content (AvgIpc) is 2.35. The number of nitro groups is 1. The minimum atomic E-state index is -0.629. The summed E-state index contributed by atoms with van der Waals surface area (Å²) in [5.74, 6) is 0.0883. The Morgan fingerprint density at radius 1 is 1.35 bits per heavy atom. The van der Waals surface area contributed by atoms with Crippen molar-refractivity contribution in [3.63, 3.8) is 0 Å². The van der Waals surface area contributed by atoms with Crippen molar-refractivity contribution in [1.29, 1.82) is 0 Å². The number of benzene rings is 1. The molecule has 0 spiro atoms. The van der Waals surface area contributed by atoms with E-state index in [0.29, 0.717) is 5.92 Å². The maximum Gasteiger partial charge on any atom is 0.300 e. The van der Waals surface area contributed by atoms with Gasteiger partial charge in [0.25, 0.3) is 5.91 Å². The number of nitro benzene ring substituents is 1. The maximum atomic E-state index is 12.1. The summed E-state index contributed by atoms with van der Waals surface area (Å²) >= 11 is 5.79. The van der Waals surface area contributed by atoms with Gasteiger partial charge in [-0.05, 0) is 37.8 Å². The fourth-order valence-corrected chi connectivity index (χ4v) is 2.08. The van der Waals surface area contributed by atoms with E-state index in [-0.39, 0.29) is 22.3 Å². The van der Waals surface area contributed by atoms with Gasteiger partial charge in [-0.25, -0.2) is 0 Å². The fraction of sp³-hybridized carbons (Fsp3) is 0.500. The van der Waals surface area contributed by atoms with E-state index in [1.54, 1.807) is 0 Å². The third-order valence-corrected chi connectivity index (χ3v) is 3.27. The molecule has 1 aromatic rings. The van der Waals surface area contributed by atoms with E-state index in [0.717, 1.165) is 12.8 Å². The van der Waals surface area contributed by atoms with Crippen LogP contribution >= 0.6 is 11.6 Å². The summed E-state index contributed by atoms with van der Waals surface area (Å²) in [6.45, 7) is 6.10. The smallest absolute Gasteiger partial charge is 0.300 e. The second-order valence-electron chi connectivity index (χ2n) is 5.24. The number of hydrogen-bond donors (Lipinski definition) is 1. The van der Waals surface area contributed by atoms with Gasteiger partial charge in [0.15, 0.2) is 0 Å². The van der Waals surface area contributed by atoms with Crippen molar-refractivity contribution >= 4 is 23.2 Å². The lowest BCUT2D eigenvalue weighted by Gasteiger charge is -2.15. The zero-order chi connectivity index (χ0) is 15.3. The van der Waals surface area contributed by atoms with Crippen molar-refractivity contribution in [2.45, 2.75) is 39.7 Å². The molecule has 0 heterocycles. The first-order valence-electron chi connectivity index (χ1n) is 6.56. The monoisotopic (exact) mass is 298 g/mol. The maximum absolute atomic E-state index is 12.1. The molecule has 0 radical (unpaired) electrons. The molecule has 0 fully saturated rings. The molecule has 0 saturated heterocycles. The Kier molecular flexibility index (Phi) is 5.95. The second-order valence-corrected chi connectivity index (χ2v) is 5.65. The Bertz CT molecular complexity index is 503. The molecule has 1 aromatic carbocycles. The van der Waals surface area contributed by atoms with Crippen molar-refractivity contribution in [2.75, 3.05) is 0 Å². The zero-order valence-electron chi connectivity index (χ0n) is 11.9. The lowest BCUT2D eigenvalue weighted by atomic mass is 10.0. The first-order valence-corrected chi connectivity index (χ1v) is 6.94. The van der Waals surface area contributed by atoms with Crippen LogP contribution in [0, 0.1) is 16.0 Å². The van der Waals surface area contributed by atoms with E-state index in [9.17, 15) is 14.9 Å². The van der Waals surface area contributed by atoms with Gasteiger partial charge in [-0.2, -0.15) is 0 Å². The van der Waals surface area contributed by atoms with Gasteiger partial charge in [0.1, 0.15) is 10.6 Å². The number of amides is 1. The summed E-state index contributed by atoms with van der Waals surface area (Å²) in [4.78, 5) is 22.5. The molecule has 6 heteroatoms. The van der Waals surface area contributed by atoms with Gasteiger partial charge in [0, 0.05) is 6.04 Å². The van der Waals surface area contributed by atoms with E-state index < -0.39 is 10.8 Å². The molecule has 1 unspecified atom stereocenters. The Hall–Kier alpha value is -1.62. The van der Waals surface area contributed by atoms with Crippen LogP contribution in [0.15, 0.2) is 18.2 Å². The van der Waals surface area contributed by atoms with Crippen LogP contribution in [0.2, 0.25) is 5.02 Å². The van der Waals surface area contributed by atoms with Gasteiger partial charge in [-0.15, -0.1) is 0 Å². The number of halogens is 1. The highest BCUT2D eigenvalue weighted by atomic mass is 35.5. The molecular formula is C14H19ClN2O3. The van der Waals surface area contributed by atoms with Crippen molar-refractivity contribution in [3.05, 3.63) is 38.9 Å². The zero-order valence-corrected chi connectivity index (χ0v) is 12.6. The van der Waals surface area contributed by atoms with Gasteiger partial charge >= 0.3 is 5.69 Å². The number of para-hydroxylation sites is 1. The summed E-state index contributed by atoms with van der Waals surface area (Å²) < 4.78 is 0. The van der Waals surface area contributed by atoms with Crippen molar-refractivity contribution < 1.29 is 9.72 Å². The summed E-state index contributed by atoms with van der Waals surface area (Å²) in [6.07, 6.45) is 1.82. The van der Waals surface area contributed by atoms with Crippen LogP contribution in [0.25, 0.3) is 0 Å². The first kappa shape index (κ1) is 16.4. The summed E-state index contributed by atoms with van der Waals surface area (Å²) in [5, 5.41) is 13.7. The molecule has 0 aliphatic rings. The molecule has 1 amide bonds. The average molecular weight is 299 g/mol. The highest BCUT2D eigenvalue weighted by Crippen LogP contribution is 2.28. The van der Waals surface area contributed by atoms with Crippen LogP contribution in [-0.4, -0.2) is 16.9 Å². The van der Waals surface area contributed by atoms with Gasteiger partial charge in [0.05, 0.1) is 4.92 Å². The van der Waals surface area contributed by atoms with Crippen LogP contribution in [0.3, 0.4) is 0 Å². The van der Waals surface area contributed by atoms with E-state index in [2.05, 4.69) is 19.2 Å². The normalized spacial score (nSPS) is 12.2. The van der Waals surface area contributed by atoms with Crippen LogP contribution in [0.5, 0.6) is 0 Å². The first-order chi connectivity index (χ1) is 9.32. The number of carbonyl (C=O) groups excluding carboxylic acids is 1. The lowest BCUT2D eigenvalue weighted by molar-refractivity contribution is -0.385. The Morgan fingerprint density at radius 3 is 2.55 bits per heavy atom. The van der Waals surface area contributed by atoms with Crippen LogP contribution in [0.1, 0.15) is 44.0 Å². The number of nitrogens with one attached hydrogen (secondary N) is 1.